The summed E-state index contributed by atoms with van der Waals surface area (Å²) in [5, 5.41) is 21.6. The molecule has 2 aromatic heterocycles. The Hall–Kier alpha value is -4.45. The summed E-state index contributed by atoms with van der Waals surface area (Å²) in [6.07, 6.45) is 3.91. The van der Waals surface area contributed by atoms with Crippen LogP contribution in [0.25, 0.3) is 22.3 Å². The van der Waals surface area contributed by atoms with E-state index in [1.165, 1.54) is 16.2 Å². The van der Waals surface area contributed by atoms with Crippen LogP contribution in [0.1, 0.15) is 93.4 Å². The molecular weight excluding hydrogens is 838 g/mol. The molecule has 2 saturated heterocycles. The summed E-state index contributed by atoms with van der Waals surface area (Å²) < 4.78 is 16.8. The van der Waals surface area contributed by atoms with Crippen molar-refractivity contribution in [2.24, 2.45) is 11.3 Å². The molecule has 18 heteroatoms. The molecule has 1 aromatic carbocycles. The number of fused-ring (bicyclic) bond motifs is 1. The van der Waals surface area contributed by atoms with Crippen LogP contribution in [0, 0.1) is 11.3 Å². The lowest BCUT2D eigenvalue weighted by Gasteiger charge is -2.35. The number of H-pyrrole nitrogens is 1. The maximum atomic E-state index is 13.4. The SMILES string of the molecule is CC(C)Nc1nc(-c2cc(=O)c3ccc(OCCN4CCOCC4)c(Cl)c3[nH]2)cs1.CCCC(NC(=O)C1CCCN1C(=O)[C@@H](NC(=O)OC1CCC(C)C1)C(C)(C)C)C(=O)O. The molecule has 3 aliphatic rings. The van der Waals surface area contributed by atoms with Gasteiger partial charge in [0, 0.05) is 49.1 Å². The van der Waals surface area contributed by atoms with Crippen LogP contribution in [-0.4, -0.2) is 125 Å². The van der Waals surface area contributed by atoms with Crippen LogP contribution in [0.15, 0.2) is 28.4 Å². The summed E-state index contributed by atoms with van der Waals surface area (Å²) >= 11 is 8.11. The van der Waals surface area contributed by atoms with Crippen LogP contribution in [0.2, 0.25) is 5.02 Å². The van der Waals surface area contributed by atoms with E-state index < -0.39 is 41.5 Å². The Bertz CT molecular complexity index is 2070. The number of carboxylic acid groups (broad SMARTS) is 1. The van der Waals surface area contributed by atoms with E-state index in [0.717, 1.165) is 57.2 Å². The van der Waals surface area contributed by atoms with Gasteiger partial charge in [0.1, 0.15) is 41.6 Å². The molecule has 1 saturated carbocycles. The third-order valence-corrected chi connectivity index (χ3v) is 12.3. The number of alkyl carbamates (subject to hydrolysis) is 1. The van der Waals surface area contributed by atoms with Crippen molar-refractivity contribution < 1.29 is 38.5 Å². The van der Waals surface area contributed by atoms with Gasteiger partial charge in [-0.05, 0) is 75.8 Å². The van der Waals surface area contributed by atoms with Gasteiger partial charge in [-0.1, -0.05) is 52.6 Å². The summed E-state index contributed by atoms with van der Waals surface area (Å²) in [6.45, 7) is 18.7. The molecule has 342 valence electrons. The molecule has 3 aromatic rings. The molecule has 0 spiro atoms. The predicted octanol–water partition coefficient (Wildman–Crippen LogP) is 6.51. The molecule has 5 atom stereocenters. The highest BCUT2D eigenvalue weighted by Crippen LogP contribution is 2.33. The maximum absolute atomic E-state index is 13.4. The molecule has 0 radical (unpaired) electrons. The van der Waals surface area contributed by atoms with E-state index in [-0.39, 0.29) is 23.5 Å². The minimum Gasteiger partial charge on any atom is -0.491 e. The minimum atomic E-state index is -1.09. The van der Waals surface area contributed by atoms with Gasteiger partial charge in [0.05, 0.1) is 30.1 Å². The maximum Gasteiger partial charge on any atom is 0.408 e. The monoisotopic (exact) mass is 901 g/mol. The second-order valence-corrected chi connectivity index (χ2v) is 19.0. The summed E-state index contributed by atoms with van der Waals surface area (Å²) in [4.78, 5) is 74.5. The lowest BCUT2D eigenvalue weighted by molar-refractivity contribution is -0.145. The Kier molecular flexibility index (Phi) is 17.4. The van der Waals surface area contributed by atoms with Gasteiger partial charge in [-0.25, -0.2) is 14.6 Å². The second kappa shape index (κ2) is 22.3. The molecule has 62 heavy (non-hydrogen) atoms. The van der Waals surface area contributed by atoms with Crippen LogP contribution in [0.4, 0.5) is 9.93 Å². The number of halogens is 1. The number of nitrogens with zero attached hydrogens (tertiary/aromatic N) is 3. The number of thiazole rings is 1. The van der Waals surface area contributed by atoms with Crippen LogP contribution >= 0.6 is 22.9 Å². The highest BCUT2D eigenvalue weighted by Gasteiger charge is 2.43. The topological polar surface area (TPSA) is 205 Å². The molecule has 3 fully saturated rings. The second-order valence-electron chi connectivity index (χ2n) is 17.8. The van der Waals surface area contributed by atoms with Crippen LogP contribution in [0.3, 0.4) is 0 Å². The van der Waals surface area contributed by atoms with Gasteiger partial charge < -0.3 is 45.2 Å². The lowest BCUT2D eigenvalue weighted by atomic mass is 9.85. The van der Waals surface area contributed by atoms with Gasteiger partial charge in [-0.2, -0.15) is 0 Å². The fourth-order valence-corrected chi connectivity index (χ4v) is 8.95. The number of anilines is 1. The van der Waals surface area contributed by atoms with E-state index in [9.17, 15) is 29.1 Å². The highest BCUT2D eigenvalue weighted by atomic mass is 35.5. The van der Waals surface area contributed by atoms with Crippen LogP contribution < -0.4 is 26.1 Å². The Labute approximate surface area is 372 Å². The van der Waals surface area contributed by atoms with Gasteiger partial charge in [0.15, 0.2) is 10.6 Å². The van der Waals surface area contributed by atoms with Gasteiger partial charge in [-0.3, -0.25) is 19.3 Å². The van der Waals surface area contributed by atoms with Gasteiger partial charge in [0.25, 0.3) is 0 Å². The van der Waals surface area contributed by atoms with Gasteiger partial charge in [0.2, 0.25) is 11.8 Å². The number of benzene rings is 1. The number of ether oxygens (including phenoxy) is 3. The van der Waals surface area contributed by atoms with Crippen molar-refractivity contribution in [2.45, 2.75) is 124 Å². The molecule has 4 unspecified atom stereocenters. The number of carbonyl (C=O) groups is 4. The molecule has 16 nitrogen and oxygen atoms in total. The number of hydrogen-bond acceptors (Lipinski definition) is 12. The van der Waals surface area contributed by atoms with Crippen molar-refractivity contribution in [1.29, 1.82) is 0 Å². The van der Waals surface area contributed by atoms with Crippen LogP contribution in [-0.2, 0) is 23.9 Å². The smallest absolute Gasteiger partial charge is 0.408 e. The number of aromatic amines is 1. The average Bonchev–Trinajstić information content (AvgIpc) is 3.99. The molecule has 2 aliphatic heterocycles. The van der Waals surface area contributed by atoms with Crippen molar-refractivity contribution >= 4 is 62.8 Å². The number of carboxylic acids is 1. The highest BCUT2D eigenvalue weighted by molar-refractivity contribution is 7.14. The zero-order valence-corrected chi connectivity index (χ0v) is 38.6. The number of rotatable bonds is 15. The first-order valence-corrected chi connectivity index (χ1v) is 23.0. The fraction of sp³-hybridized carbons (Fsp3) is 0.636. The van der Waals surface area contributed by atoms with Crippen LogP contribution in [0.5, 0.6) is 5.75 Å². The molecule has 6 rings (SSSR count). The third kappa shape index (κ3) is 13.3. The number of hydrogen-bond donors (Lipinski definition) is 5. The van der Waals surface area contributed by atoms with Gasteiger partial charge >= 0.3 is 12.1 Å². The van der Waals surface area contributed by atoms with E-state index >= 15 is 0 Å². The average molecular weight is 903 g/mol. The van der Waals surface area contributed by atoms with Crippen molar-refractivity contribution in [2.75, 3.05) is 51.3 Å². The quantitative estimate of drug-likeness (QED) is 0.111. The zero-order valence-electron chi connectivity index (χ0n) is 37.0. The van der Waals surface area contributed by atoms with E-state index in [2.05, 4.69) is 51.6 Å². The zero-order chi connectivity index (χ0) is 45.1. The summed E-state index contributed by atoms with van der Waals surface area (Å²) in [5.41, 5.74) is 1.19. The predicted molar refractivity (Wildman–Crippen MR) is 241 cm³/mol. The van der Waals surface area contributed by atoms with E-state index in [4.69, 9.17) is 25.8 Å². The summed E-state index contributed by atoms with van der Waals surface area (Å²) in [7, 11) is 0. The first-order chi connectivity index (χ1) is 29.4. The van der Waals surface area contributed by atoms with Crippen molar-refractivity contribution in [3.05, 3.63) is 38.8 Å². The molecule has 4 heterocycles. The lowest BCUT2D eigenvalue weighted by Crippen LogP contribution is -2.58. The number of aromatic nitrogens is 2. The van der Waals surface area contributed by atoms with Crippen molar-refractivity contribution in [3.8, 4) is 17.1 Å². The number of nitrogens with one attached hydrogen (secondary N) is 4. The standard InChI is InChI=1S/C23H39N3O6.C21H25ClN4O3S/c1-6-8-16(21(29)30)24-19(27)17-9-7-12-26(17)20(28)18(23(3,4)5)25-22(31)32-15-11-10-14(2)13-15;1-13(2)23-21-25-16(12-30-21)15-11-17(27)14-3-4-18(19(22)20(14)24-15)29-10-7-26-5-8-28-9-6-26/h14-18H,6-13H2,1-5H3,(H,24,27)(H,25,31)(H,29,30);3-4,11-13H,5-10H2,1-2H3,(H,23,25)(H,24,27)/t14?,15?,16?,17?,18-;/m1./s1. The van der Waals surface area contributed by atoms with Crippen molar-refractivity contribution in [3.63, 3.8) is 0 Å². The summed E-state index contributed by atoms with van der Waals surface area (Å²) in [6, 6.07) is 2.75. The first kappa shape index (κ1) is 48.6. The molecule has 0 bridgehead atoms. The number of likely N-dealkylation sites (tertiary alicyclic amines) is 1. The number of carbonyl (C=O) groups excluding carboxylic acids is 3. The number of morpholine rings is 1. The Morgan fingerprint density at radius 3 is 2.48 bits per heavy atom. The molecular formula is C44H64ClN7O9S. The Morgan fingerprint density at radius 2 is 1.84 bits per heavy atom. The fourth-order valence-electron chi connectivity index (χ4n) is 7.83. The number of pyridine rings is 1. The summed E-state index contributed by atoms with van der Waals surface area (Å²) in [5.74, 6) is -0.833. The van der Waals surface area contributed by atoms with E-state index in [0.29, 0.717) is 77.8 Å². The molecule has 5 N–H and O–H groups in total. The van der Waals surface area contributed by atoms with Gasteiger partial charge in [-0.15, -0.1) is 11.3 Å². The minimum absolute atomic E-state index is 0.105. The van der Waals surface area contributed by atoms with Crippen molar-refractivity contribution in [1.82, 2.24) is 30.4 Å². The number of aliphatic carboxylic acids is 1. The van der Waals surface area contributed by atoms with E-state index in [1.807, 2.05) is 33.1 Å². The normalized spacial score (nSPS) is 20.3. The Balaban J connectivity index is 0.000000234. The van der Waals surface area contributed by atoms with E-state index in [1.54, 1.807) is 18.2 Å². The largest absolute Gasteiger partial charge is 0.491 e. The first-order valence-electron chi connectivity index (χ1n) is 21.8. The third-order valence-electron chi connectivity index (χ3n) is 11.2. The number of amides is 3. The molecule has 3 amide bonds. The Morgan fingerprint density at radius 1 is 1.10 bits per heavy atom. The molecule has 1 aliphatic carbocycles.